The molecule has 5 nitrogen and oxygen atoms in total. The summed E-state index contributed by atoms with van der Waals surface area (Å²) in [5.41, 5.74) is 1.11. The SMILES string of the molecule is COC(=O)c1cc(NC(=O)OC(C)(C)C)ccc1C. The van der Waals surface area contributed by atoms with Crippen LogP contribution in [0.4, 0.5) is 10.5 Å². The Morgan fingerprint density at radius 1 is 1.21 bits per heavy atom. The Hall–Kier alpha value is -2.04. The van der Waals surface area contributed by atoms with Crippen molar-refractivity contribution in [2.45, 2.75) is 33.3 Å². The standard InChI is InChI=1S/C14H19NO4/c1-9-6-7-10(8-11(9)12(16)18-5)15-13(17)19-14(2,3)4/h6-8H,1-5H3,(H,15,17). The van der Waals surface area contributed by atoms with Crippen molar-refractivity contribution in [1.29, 1.82) is 0 Å². The van der Waals surface area contributed by atoms with Crippen LogP contribution < -0.4 is 5.32 Å². The predicted octanol–water partition coefficient (Wildman–Crippen LogP) is 3.13. The van der Waals surface area contributed by atoms with Crippen molar-refractivity contribution in [3.05, 3.63) is 29.3 Å². The third-order valence-corrected chi connectivity index (χ3v) is 2.29. The van der Waals surface area contributed by atoms with Gasteiger partial charge in [0.1, 0.15) is 5.60 Å². The zero-order valence-corrected chi connectivity index (χ0v) is 11.9. The highest BCUT2D eigenvalue weighted by atomic mass is 16.6. The van der Waals surface area contributed by atoms with E-state index in [1.807, 2.05) is 0 Å². The van der Waals surface area contributed by atoms with E-state index in [1.54, 1.807) is 45.9 Å². The molecule has 104 valence electrons. The maximum Gasteiger partial charge on any atom is 0.412 e. The molecule has 0 aliphatic carbocycles. The van der Waals surface area contributed by atoms with Gasteiger partial charge in [0.05, 0.1) is 12.7 Å². The summed E-state index contributed by atoms with van der Waals surface area (Å²) in [6.07, 6.45) is -0.563. The van der Waals surface area contributed by atoms with Crippen molar-refractivity contribution < 1.29 is 19.1 Å². The number of anilines is 1. The number of amides is 1. The van der Waals surface area contributed by atoms with Crippen molar-refractivity contribution in [3.63, 3.8) is 0 Å². The molecule has 0 unspecified atom stereocenters. The van der Waals surface area contributed by atoms with E-state index in [0.29, 0.717) is 11.3 Å². The second kappa shape index (κ2) is 5.73. The fourth-order valence-corrected chi connectivity index (χ4v) is 1.45. The fourth-order valence-electron chi connectivity index (χ4n) is 1.45. The molecule has 0 radical (unpaired) electrons. The molecule has 0 spiro atoms. The number of benzene rings is 1. The number of nitrogens with one attached hydrogen (secondary N) is 1. The van der Waals surface area contributed by atoms with Gasteiger partial charge in [-0.3, -0.25) is 5.32 Å². The molecular weight excluding hydrogens is 246 g/mol. The van der Waals surface area contributed by atoms with Crippen LogP contribution in [0.25, 0.3) is 0 Å². The highest BCUT2D eigenvalue weighted by Crippen LogP contribution is 2.17. The van der Waals surface area contributed by atoms with E-state index in [1.165, 1.54) is 7.11 Å². The van der Waals surface area contributed by atoms with Crippen LogP contribution in [-0.2, 0) is 9.47 Å². The molecule has 1 aromatic rings. The molecule has 0 fully saturated rings. The van der Waals surface area contributed by atoms with Crippen molar-refractivity contribution in [2.75, 3.05) is 12.4 Å². The second-order valence-electron chi connectivity index (χ2n) is 5.15. The fraction of sp³-hybridized carbons (Fsp3) is 0.429. The van der Waals surface area contributed by atoms with Crippen molar-refractivity contribution >= 4 is 17.7 Å². The smallest absolute Gasteiger partial charge is 0.412 e. The minimum atomic E-state index is -0.569. The lowest BCUT2D eigenvalue weighted by Crippen LogP contribution is -2.27. The number of carbonyl (C=O) groups excluding carboxylic acids is 2. The van der Waals surface area contributed by atoms with E-state index in [0.717, 1.165) is 5.56 Å². The molecule has 0 heterocycles. The lowest BCUT2D eigenvalue weighted by molar-refractivity contribution is 0.0595. The first-order valence-electron chi connectivity index (χ1n) is 5.92. The number of esters is 1. The van der Waals surface area contributed by atoms with Gasteiger partial charge < -0.3 is 9.47 Å². The number of hydrogen-bond donors (Lipinski definition) is 1. The summed E-state index contributed by atoms with van der Waals surface area (Å²) in [6.45, 7) is 7.13. The molecule has 1 N–H and O–H groups in total. The first-order chi connectivity index (χ1) is 8.73. The Morgan fingerprint density at radius 3 is 2.37 bits per heavy atom. The summed E-state index contributed by atoms with van der Waals surface area (Å²) in [5, 5.41) is 2.58. The number of aryl methyl sites for hydroxylation is 1. The number of methoxy groups -OCH3 is 1. The van der Waals surface area contributed by atoms with Gasteiger partial charge in [0.15, 0.2) is 0 Å². The maximum absolute atomic E-state index is 11.6. The van der Waals surface area contributed by atoms with Gasteiger partial charge in [-0.15, -0.1) is 0 Å². The molecule has 0 aromatic heterocycles. The molecule has 1 amide bonds. The van der Waals surface area contributed by atoms with Gasteiger partial charge in [-0.05, 0) is 45.4 Å². The van der Waals surface area contributed by atoms with E-state index in [2.05, 4.69) is 10.1 Å². The van der Waals surface area contributed by atoms with Crippen LogP contribution in [0.15, 0.2) is 18.2 Å². The lowest BCUT2D eigenvalue weighted by Gasteiger charge is -2.19. The summed E-state index contributed by atoms with van der Waals surface area (Å²) >= 11 is 0. The van der Waals surface area contributed by atoms with Crippen LogP contribution in [0, 0.1) is 6.92 Å². The third-order valence-electron chi connectivity index (χ3n) is 2.29. The first-order valence-corrected chi connectivity index (χ1v) is 5.92. The minimum absolute atomic E-state index is 0.413. The molecule has 19 heavy (non-hydrogen) atoms. The van der Waals surface area contributed by atoms with E-state index in [-0.39, 0.29) is 0 Å². The van der Waals surface area contributed by atoms with Gasteiger partial charge >= 0.3 is 12.1 Å². The maximum atomic E-state index is 11.6. The number of rotatable bonds is 2. The van der Waals surface area contributed by atoms with E-state index in [4.69, 9.17) is 4.74 Å². The van der Waals surface area contributed by atoms with E-state index in [9.17, 15) is 9.59 Å². The van der Waals surface area contributed by atoms with Crippen LogP contribution in [0.5, 0.6) is 0 Å². The average Bonchev–Trinajstić information content (AvgIpc) is 2.28. The van der Waals surface area contributed by atoms with E-state index >= 15 is 0 Å². The van der Waals surface area contributed by atoms with Crippen LogP contribution in [0.2, 0.25) is 0 Å². The average molecular weight is 265 g/mol. The van der Waals surface area contributed by atoms with Crippen LogP contribution in [0.3, 0.4) is 0 Å². The Labute approximate surface area is 112 Å². The summed E-state index contributed by atoms with van der Waals surface area (Å²) in [6, 6.07) is 5.00. The van der Waals surface area contributed by atoms with Gasteiger partial charge in [0, 0.05) is 5.69 Å². The summed E-state index contributed by atoms with van der Waals surface area (Å²) in [5.74, 6) is -0.440. The van der Waals surface area contributed by atoms with Gasteiger partial charge in [-0.1, -0.05) is 6.07 Å². The van der Waals surface area contributed by atoms with Crippen molar-refractivity contribution in [3.8, 4) is 0 Å². The quantitative estimate of drug-likeness (QED) is 0.834. The predicted molar refractivity (Wildman–Crippen MR) is 72.4 cm³/mol. The monoisotopic (exact) mass is 265 g/mol. The normalized spacial score (nSPS) is 10.8. The number of hydrogen-bond acceptors (Lipinski definition) is 4. The van der Waals surface area contributed by atoms with Crippen molar-refractivity contribution in [2.24, 2.45) is 0 Å². The van der Waals surface area contributed by atoms with Gasteiger partial charge in [-0.25, -0.2) is 9.59 Å². The highest BCUT2D eigenvalue weighted by molar-refractivity contribution is 5.93. The molecule has 0 saturated heterocycles. The molecule has 5 heteroatoms. The summed E-state index contributed by atoms with van der Waals surface area (Å²) < 4.78 is 9.81. The molecule has 1 rings (SSSR count). The van der Waals surface area contributed by atoms with Gasteiger partial charge in [0.2, 0.25) is 0 Å². The van der Waals surface area contributed by atoms with Crippen LogP contribution in [-0.4, -0.2) is 24.8 Å². The molecule has 0 aliphatic rings. The van der Waals surface area contributed by atoms with Crippen molar-refractivity contribution in [1.82, 2.24) is 0 Å². The van der Waals surface area contributed by atoms with Crippen LogP contribution in [0.1, 0.15) is 36.7 Å². The zero-order valence-electron chi connectivity index (χ0n) is 11.9. The molecule has 0 bridgehead atoms. The van der Waals surface area contributed by atoms with Gasteiger partial charge in [0.25, 0.3) is 0 Å². The zero-order chi connectivity index (χ0) is 14.6. The third kappa shape index (κ3) is 4.62. The molecule has 1 aromatic carbocycles. The molecular formula is C14H19NO4. The van der Waals surface area contributed by atoms with Gasteiger partial charge in [-0.2, -0.15) is 0 Å². The first kappa shape index (κ1) is 15.0. The number of carbonyl (C=O) groups is 2. The minimum Gasteiger partial charge on any atom is -0.465 e. The Bertz CT molecular complexity index is 489. The topological polar surface area (TPSA) is 64.6 Å². The molecule has 0 atom stereocenters. The van der Waals surface area contributed by atoms with Crippen LogP contribution >= 0.6 is 0 Å². The lowest BCUT2D eigenvalue weighted by atomic mass is 10.1. The Morgan fingerprint density at radius 2 is 1.84 bits per heavy atom. The Balaban J connectivity index is 2.86. The molecule has 0 aliphatic heterocycles. The second-order valence-corrected chi connectivity index (χ2v) is 5.15. The largest absolute Gasteiger partial charge is 0.465 e. The summed E-state index contributed by atoms with van der Waals surface area (Å²) in [4.78, 5) is 23.1. The molecule has 0 saturated carbocycles. The summed E-state index contributed by atoms with van der Waals surface area (Å²) in [7, 11) is 1.32. The van der Waals surface area contributed by atoms with E-state index < -0.39 is 17.7 Å². The number of ether oxygens (including phenoxy) is 2. The highest BCUT2D eigenvalue weighted by Gasteiger charge is 2.17. The Kier molecular flexibility index (Phi) is 4.53.